The van der Waals surface area contributed by atoms with E-state index in [1.165, 1.54) is 12.1 Å². The lowest BCUT2D eigenvalue weighted by Gasteiger charge is -2.15. The highest BCUT2D eigenvalue weighted by Crippen LogP contribution is 2.38. The number of benzene rings is 1. The fourth-order valence-electron chi connectivity index (χ4n) is 1.57. The molecular weight excluding hydrogens is 357 g/mol. The van der Waals surface area contributed by atoms with Gasteiger partial charge in [0.2, 0.25) is 0 Å². The molecule has 0 spiro atoms. The summed E-state index contributed by atoms with van der Waals surface area (Å²) >= 11 is 11.8. The van der Waals surface area contributed by atoms with Crippen LogP contribution in [0.5, 0.6) is 5.75 Å². The molecule has 21 heavy (non-hydrogen) atoms. The molecule has 1 aromatic carbocycles. The van der Waals surface area contributed by atoms with Gasteiger partial charge in [-0.1, -0.05) is 23.2 Å². The van der Waals surface area contributed by atoms with Crippen molar-refractivity contribution in [1.82, 2.24) is 0 Å². The molecule has 8 heteroatoms. The third-order valence-corrected chi connectivity index (χ3v) is 5.12. The van der Waals surface area contributed by atoms with Gasteiger partial charge >= 0.3 is 0 Å². The Labute approximate surface area is 139 Å². The van der Waals surface area contributed by atoms with Crippen molar-refractivity contribution in [2.75, 3.05) is 6.61 Å². The van der Waals surface area contributed by atoms with Crippen LogP contribution in [0.4, 0.5) is 0 Å². The Morgan fingerprint density at radius 2 is 1.90 bits per heavy atom. The molecule has 0 unspecified atom stereocenters. The van der Waals surface area contributed by atoms with Crippen molar-refractivity contribution >= 4 is 42.9 Å². The van der Waals surface area contributed by atoms with Gasteiger partial charge in [-0.15, -0.1) is 0 Å². The van der Waals surface area contributed by atoms with Crippen LogP contribution < -0.4 is 4.74 Å². The summed E-state index contributed by atoms with van der Waals surface area (Å²) in [6.07, 6.45) is 1.33. The zero-order valence-corrected chi connectivity index (χ0v) is 14.6. The fourth-order valence-corrected chi connectivity index (χ4v) is 3.35. The number of hydrogen-bond acceptors (Lipinski definition) is 4. The van der Waals surface area contributed by atoms with Crippen LogP contribution in [0.2, 0.25) is 10.0 Å². The maximum atomic E-state index is 11.3. The van der Waals surface area contributed by atoms with E-state index < -0.39 is 14.5 Å². The van der Waals surface area contributed by atoms with Crippen LogP contribution in [0.3, 0.4) is 0 Å². The minimum atomic E-state index is -3.96. The van der Waals surface area contributed by atoms with Crippen molar-refractivity contribution < 1.29 is 13.2 Å². The Morgan fingerprint density at radius 3 is 2.43 bits per heavy atom. The van der Waals surface area contributed by atoms with E-state index in [0.29, 0.717) is 19.4 Å². The zero-order valence-electron chi connectivity index (χ0n) is 11.5. The number of hydrogen-bond donors (Lipinski definition) is 0. The molecule has 1 rings (SSSR count). The van der Waals surface area contributed by atoms with Gasteiger partial charge in [0.05, 0.1) is 23.1 Å². The second-order valence-electron chi connectivity index (χ2n) is 5.08. The van der Waals surface area contributed by atoms with Crippen molar-refractivity contribution in [3.8, 4) is 11.8 Å². The lowest BCUT2D eigenvalue weighted by Crippen LogP contribution is -2.10. The summed E-state index contributed by atoms with van der Waals surface area (Å²) in [6.45, 7) is 4.03. The summed E-state index contributed by atoms with van der Waals surface area (Å²) in [5.41, 5.74) is -0.415. The molecule has 116 valence electrons. The lowest BCUT2D eigenvalue weighted by molar-refractivity contribution is 0.284. The molecule has 0 saturated carbocycles. The molecule has 0 saturated heterocycles. The Morgan fingerprint density at radius 1 is 1.29 bits per heavy atom. The second kappa shape index (κ2) is 7.06. The summed E-state index contributed by atoms with van der Waals surface area (Å²) in [4.78, 5) is -0.256. The van der Waals surface area contributed by atoms with Crippen LogP contribution >= 0.6 is 33.9 Å². The number of halogens is 3. The van der Waals surface area contributed by atoms with Crippen LogP contribution in [-0.4, -0.2) is 15.0 Å². The lowest BCUT2D eigenvalue weighted by atomic mass is 9.90. The van der Waals surface area contributed by atoms with Gasteiger partial charge < -0.3 is 4.74 Å². The summed E-state index contributed by atoms with van der Waals surface area (Å²) < 4.78 is 28.0. The van der Waals surface area contributed by atoms with Crippen LogP contribution in [0.25, 0.3) is 0 Å². The van der Waals surface area contributed by atoms with Crippen molar-refractivity contribution in [3.05, 3.63) is 22.2 Å². The topological polar surface area (TPSA) is 67.2 Å². The highest BCUT2D eigenvalue weighted by molar-refractivity contribution is 8.13. The maximum Gasteiger partial charge on any atom is 0.262 e. The first-order chi connectivity index (χ1) is 9.58. The van der Waals surface area contributed by atoms with Crippen molar-refractivity contribution in [2.24, 2.45) is 5.41 Å². The van der Waals surface area contributed by atoms with E-state index in [9.17, 15) is 8.42 Å². The second-order valence-corrected chi connectivity index (χ2v) is 8.37. The molecule has 0 aromatic heterocycles. The summed E-state index contributed by atoms with van der Waals surface area (Å²) in [7, 11) is 1.28. The Balaban J connectivity index is 2.75. The van der Waals surface area contributed by atoms with E-state index >= 15 is 0 Å². The number of rotatable bonds is 6. The Kier molecular flexibility index (Phi) is 6.18. The third kappa shape index (κ3) is 5.23. The van der Waals surface area contributed by atoms with Crippen molar-refractivity contribution in [3.63, 3.8) is 0 Å². The van der Waals surface area contributed by atoms with E-state index in [2.05, 4.69) is 6.07 Å². The molecule has 4 nitrogen and oxygen atoms in total. The van der Waals surface area contributed by atoms with E-state index in [0.717, 1.165) is 0 Å². The molecule has 0 aliphatic heterocycles. The zero-order chi connectivity index (χ0) is 16.3. The highest BCUT2D eigenvalue weighted by Gasteiger charge is 2.20. The van der Waals surface area contributed by atoms with Gasteiger partial charge in [0.15, 0.2) is 0 Å². The van der Waals surface area contributed by atoms with Gasteiger partial charge in [-0.25, -0.2) is 8.42 Å². The standard InChI is InChI=1S/C13H14Cl3NO3S/c1-13(2,8-17)6-3-7-20-9-4-5-10(21(16,18)19)12(15)11(9)14/h4-5H,3,6-7H2,1-2H3. The number of ether oxygens (including phenoxy) is 1. The van der Waals surface area contributed by atoms with Crippen LogP contribution in [-0.2, 0) is 9.05 Å². The first kappa shape index (κ1) is 18.4. The van der Waals surface area contributed by atoms with Gasteiger partial charge in [0.1, 0.15) is 15.7 Å². The van der Waals surface area contributed by atoms with Crippen molar-refractivity contribution in [2.45, 2.75) is 31.6 Å². The highest BCUT2D eigenvalue weighted by atomic mass is 35.7. The minimum Gasteiger partial charge on any atom is -0.492 e. The van der Waals surface area contributed by atoms with Crippen molar-refractivity contribution in [1.29, 1.82) is 5.26 Å². The molecule has 0 amide bonds. The first-order valence-corrected chi connectivity index (χ1v) is 9.12. The van der Waals surface area contributed by atoms with Gasteiger partial charge in [-0.3, -0.25) is 0 Å². The Hall–Kier alpha value is -0.670. The summed E-state index contributed by atoms with van der Waals surface area (Å²) in [5, 5.41) is 8.73. The molecule has 0 atom stereocenters. The van der Waals surface area contributed by atoms with Crippen LogP contribution in [0.15, 0.2) is 17.0 Å². The van der Waals surface area contributed by atoms with E-state index in [1.54, 1.807) is 0 Å². The molecule has 1 aromatic rings. The summed E-state index contributed by atoms with van der Waals surface area (Å²) in [5.74, 6) is 0.278. The van der Waals surface area contributed by atoms with Gasteiger partial charge in [-0.2, -0.15) is 5.26 Å². The molecular formula is C13H14Cl3NO3S. The molecule has 0 fully saturated rings. The monoisotopic (exact) mass is 369 g/mol. The molecule has 0 heterocycles. The normalized spacial score (nSPS) is 12.0. The quantitative estimate of drug-likeness (QED) is 0.541. The molecule has 0 aliphatic rings. The average molecular weight is 371 g/mol. The van der Waals surface area contributed by atoms with Gasteiger partial charge in [0, 0.05) is 10.7 Å². The Bertz CT molecular complexity index is 666. The molecule has 0 N–H and O–H groups in total. The average Bonchev–Trinajstić information content (AvgIpc) is 2.38. The van der Waals surface area contributed by atoms with Gasteiger partial charge in [0.25, 0.3) is 9.05 Å². The SMILES string of the molecule is CC(C)(C#N)CCCOc1ccc(S(=O)(=O)Cl)c(Cl)c1Cl. The van der Waals surface area contributed by atoms with Gasteiger partial charge in [-0.05, 0) is 38.8 Å². The largest absolute Gasteiger partial charge is 0.492 e. The first-order valence-electron chi connectivity index (χ1n) is 6.05. The smallest absolute Gasteiger partial charge is 0.262 e. The predicted molar refractivity (Wildman–Crippen MR) is 83.6 cm³/mol. The van der Waals surface area contributed by atoms with Crippen LogP contribution in [0.1, 0.15) is 26.7 Å². The van der Waals surface area contributed by atoms with Crippen LogP contribution in [0, 0.1) is 16.7 Å². The van der Waals surface area contributed by atoms with E-state index in [1.807, 2.05) is 13.8 Å². The minimum absolute atomic E-state index is 0.00191. The van der Waals surface area contributed by atoms with E-state index in [4.69, 9.17) is 43.9 Å². The molecule has 0 radical (unpaired) electrons. The van der Waals surface area contributed by atoms with E-state index in [-0.39, 0.29) is 20.7 Å². The maximum absolute atomic E-state index is 11.3. The number of nitriles is 1. The predicted octanol–water partition coefficient (Wildman–Crippen LogP) is 4.63. The molecule has 0 aliphatic carbocycles. The summed E-state index contributed by atoms with van der Waals surface area (Å²) in [6, 6.07) is 4.84. The third-order valence-electron chi connectivity index (χ3n) is 2.78. The molecule has 0 bridgehead atoms. The number of nitrogens with zero attached hydrogens (tertiary/aromatic N) is 1. The fraction of sp³-hybridized carbons (Fsp3) is 0.462.